The topological polar surface area (TPSA) is 42.1 Å². The second-order valence-electron chi connectivity index (χ2n) is 4.64. The molecule has 3 heteroatoms. The summed E-state index contributed by atoms with van der Waals surface area (Å²) in [7, 11) is 0. The Labute approximate surface area is 113 Å². The van der Waals surface area contributed by atoms with E-state index in [2.05, 4.69) is 4.98 Å². The maximum Gasteiger partial charge on any atom is 0.162 e. The van der Waals surface area contributed by atoms with E-state index in [1.165, 1.54) is 0 Å². The molecule has 1 aromatic heterocycles. The van der Waals surface area contributed by atoms with Crippen molar-refractivity contribution >= 4 is 5.78 Å². The molecule has 0 fully saturated rings. The number of aryl methyl sites for hydroxylation is 2. The van der Waals surface area contributed by atoms with E-state index < -0.39 is 0 Å². The Bertz CT molecular complexity index is 594. The maximum atomic E-state index is 11.8. The van der Waals surface area contributed by atoms with Crippen LogP contribution < -0.4 is 4.74 Å². The van der Waals surface area contributed by atoms with Crippen LogP contribution in [-0.2, 0) is 0 Å². The third-order valence-corrected chi connectivity index (χ3v) is 3.18. The van der Waals surface area contributed by atoms with Crippen molar-refractivity contribution in [2.45, 2.75) is 27.7 Å². The van der Waals surface area contributed by atoms with Gasteiger partial charge in [-0.1, -0.05) is 12.1 Å². The number of ether oxygens (including phenoxy) is 1. The highest BCUT2D eigenvalue weighted by molar-refractivity contribution is 6.02. The summed E-state index contributed by atoms with van der Waals surface area (Å²) < 4.78 is 5.44. The van der Waals surface area contributed by atoms with Crippen LogP contribution in [-0.4, -0.2) is 17.4 Å². The quantitative estimate of drug-likeness (QED) is 0.844. The van der Waals surface area contributed by atoms with Crippen molar-refractivity contribution < 1.29 is 9.53 Å². The van der Waals surface area contributed by atoms with E-state index >= 15 is 0 Å². The van der Waals surface area contributed by atoms with Crippen molar-refractivity contribution in [1.29, 1.82) is 0 Å². The van der Waals surface area contributed by atoms with E-state index in [0.717, 1.165) is 33.8 Å². The molecule has 0 aliphatic rings. The summed E-state index contributed by atoms with van der Waals surface area (Å²) in [6.45, 7) is 8.14. The normalized spacial score (nSPS) is 10.5. The summed E-state index contributed by atoms with van der Waals surface area (Å²) in [6.07, 6.45) is 0. The summed E-state index contributed by atoms with van der Waals surface area (Å²) in [6, 6.07) is 7.86. The van der Waals surface area contributed by atoms with Gasteiger partial charge in [-0.2, -0.15) is 0 Å². The van der Waals surface area contributed by atoms with Crippen molar-refractivity contribution in [1.82, 2.24) is 4.98 Å². The molecule has 1 aromatic carbocycles. The fourth-order valence-corrected chi connectivity index (χ4v) is 2.47. The molecule has 0 aliphatic heterocycles. The molecule has 1 heterocycles. The minimum atomic E-state index is 0.0886. The molecule has 0 atom stereocenters. The van der Waals surface area contributed by atoms with Gasteiger partial charge in [0.15, 0.2) is 5.78 Å². The third kappa shape index (κ3) is 2.55. The molecule has 19 heavy (non-hydrogen) atoms. The van der Waals surface area contributed by atoms with Crippen LogP contribution in [0.5, 0.6) is 5.75 Å². The number of hydrogen-bond acceptors (Lipinski definition) is 2. The van der Waals surface area contributed by atoms with Crippen molar-refractivity contribution in [2.24, 2.45) is 0 Å². The first-order valence-electron chi connectivity index (χ1n) is 6.48. The molecular weight excluding hydrogens is 238 g/mol. The van der Waals surface area contributed by atoms with Gasteiger partial charge >= 0.3 is 0 Å². The number of aromatic nitrogens is 1. The number of rotatable bonds is 4. The Morgan fingerprint density at radius 3 is 2.32 bits per heavy atom. The maximum absolute atomic E-state index is 11.8. The van der Waals surface area contributed by atoms with E-state index in [9.17, 15) is 4.79 Å². The first-order valence-corrected chi connectivity index (χ1v) is 6.48. The van der Waals surface area contributed by atoms with Gasteiger partial charge in [-0.25, -0.2) is 0 Å². The highest BCUT2D eigenvalue weighted by atomic mass is 16.5. The monoisotopic (exact) mass is 257 g/mol. The van der Waals surface area contributed by atoms with Gasteiger partial charge in [0.05, 0.1) is 6.61 Å². The number of nitrogens with one attached hydrogen (secondary N) is 1. The number of H-pyrrole nitrogens is 1. The fraction of sp³-hybridized carbons (Fsp3) is 0.312. The molecule has 2 rings (SSSR count). The number of carbonyl (C=O) groups is 1. The summed E-state index contributed by atoms with van der Waals surface area (Å²) in [5.41, 5.74) is 4.76. The molecular formula is C16H19NO2. The summed E-state index contributed by atoms with van der Waals surface area (Å²) in [4.78, 5) is 15.0. The zero-order chi connectivity index (χ0) is 14.0. The lowest BCUT2D eigenvalue weighted by molar-refractivity contribution is 0.101. The zero-order valence-corrected chi connectivity index (χ0v) is 11.8. The van der Waals surface area contributed by atoms with Crippen LogP contribution in [0.2, 0.25) is 0 Å². The lowest BCUT2D eigenvalue weighted by Gasteiger charge is -2.07. The SMILES string of the molecule is CCOc1ccc(-c2c(C)[nH]c(C)c2C(C)=O)cc1. The van der Waals surface area contributed by atoms with Crippen LogP contribution in [0, 0.1) is 13.8 Å². The lowest BCUT2D eigenvalue weighted by atomic mass is 9.98. The Morgan fingerprint density at radius 1 is 1.16 bits per heavy atom. The summed E-state index contributed by atoms with van der Waals surface area (Å²) in [5, 5.41) is 0. The molecule has 100 valence electrons. The molecule has 2 aromatic rings. The third-order valence-electron chi connectivity index (χ3n) is 3.18. The van der Waals surface area contributed by atoms with Gasteiger partial charge in [-0.15, -0.1) is 0 Å². The molecule has 1 N–H and O–H groups in total. The lowest BCUT2D eigenvalue weighted by Crippen LogP contribution is -1.96. The van der Waals surface area contributed by atoms with Crippen molar-refractivity contribution in [3.63, 3.8) is 0 Å². The van der Waals surface area contributed by atoms with Crippen molar-refractivity contribution in [3.8, 4) is 16.9 Å². The number of aromatic amines is 1. The highest BCUT2D eigenvalue weighted by Gasteiger charge is 2.17. The van der Waals surface area contributed by atoms with Gasteiger partial charge < -0.3 is 9.72 Å². The molecule has 0 unspecified atom stereocenters. The van der Waals surface area contributed by atoms with Gasteiger partial charge in [0, 0.05) is 22.5 Å². The largest absolute Gasteiger partial charge is 0.494 e. The van der Waals surface area contributed by atoms with Gasteiger partial charge in [-0.3, -0.25) is 4.79 Å². The van der Waals surface area contributed by atoms with Gasteiger partial charge in [0.25, 0.3) is 0 Å². The molecule has 0 amide bonds. The predicted octanol–water partition coefficient (Wildman–Crippen LogP) is 3.90. The molecule has 0 bridgehead atoms. The number of Topliss-reactive ketones (excluding diaryl/α,β-unsaturated/α-hetero) is 1. The van der Waals surface area contributed by atoms with E-state index in [-0.39, 0.29) is 5.78 Å². The number of benzene rings is 1. The molecule has 0 aliphatic carbocycles. The zero-order valence-electron chi connectivity index (χ0n) is 11.8. The number of carbonyl (C=O) groups excluding carboxylic acids is 1. The molecule has 3 nitrogen and oxygen atoms in total. The summed E-state index contributed by atoms with van der Waals surface area (Å²) in [5.74, 6) is 0.936. The van der Waals surface area contributed by atoms with Crippen LogP contribution in [0.1, 0.15) is 35.6 Å². The van der Waals surface area contributed by atoms with Crippen LogP contribution in [0.4, 0.5) is 0 Å². The number of ketones is 1. The Morgan fingerprint density at radius 2 is 1.79 bits per heavy atom. The Balaban J connectivity index is 2.49. The first kappa shape index (κ1) is 13.4. The van der Waals surface area contributed by atoms with Crippen molar-refractivity contribution in [2.75, 3.05) is 6.61 Å². The second kappa shape index (κ2) is 5.31. The smallest absolute Gasteiger partial charge is 0.162 e. The molecule has 0 saturated heterocycles. The average Bonchev–Trinajstić information content (AvgIpc) is 2.66. The number of hydrogen-bond donors (Lipinski definition) is 1. The van der Waals surface area contributed by atoms with Gasteiger partial charge in [-0.05, 0) is 45.4 Å². The van der Waals surface area contributed by atoms with Crippen LogP contribution in [0.3, 0.4) is 0 Å². The Hall–Kier alpha value is -2.03. The Kier molecular flexibility index (Phi) is 3.74. The second-order valence-corrected chi connectivity index (χ2v) is 4.64. The van der Waals surface area contributed by atoms with Gasteiger partial charge in [0.1, 0.15) is 5.75 Å². The highest BCUT2D eigenvalue weighted by Crippen LogP contribution is 2.31. The van der Waals surface area contributed by atoms with E-state index in [1.54, 1.807) is 6.92 Å². The van der Waals surface area contributed by atoms with Crippen LogP contribution >= 0.6 is 0 Å². The molecule has 0 radical (unpaired) electrons. The predicted molar refractivity (Wildman–Crippen MR) is 76.9 cm³/mol. The van der Waals surface area contributed by atoms with E-state index in [1.807, 2.05) is 45.0 Å². The minimum absolute atomic E-state index is 0.0886. The van der Waals surface area contributed by atoms with Crippen LogP contribution in [0.25, 0.3) is 11.1 Å². The van der Waals surface area contributed by atoms with E-state index in [4.69, 9.17) is 4.74 Å². The standard InChI is InChI=1S/C16H19NO2/c1-5-19-14-8-6-13(7-9-14)16-11(3)17-10(2)15(16)12(4)18/h6-9,17H,5H2,1-4H3. The average molecular weight is 257 g/mol. The minimum Gasteiger partial charge on any atom is -0.494 e. The fourth-order valence-electron chi connectivity index (χ4n) is 2.47. The molecule has 0 spiro atoms. The first-order chi connectivity index (χ1) is 9.04. The summed E-state index contributed by atoms with van der Waals surface area (Å²) >= 11 is 0. The van der Waals surface area contributed by atoms with E-state index in [0.29, 0.717) is 6.61 Å². The molecule has 0 saturated carbocycles. The van der Waals surface area contributed by atoms with Gasteiger partial charge in [0.2, 0.25) is 0 Å². The van der Waals surface area contributed by atoms with Crippen LogP contribution in [0.15, 0.2) is 24.3 Å². The van der Waals surface area contributed by atoms with Crippen molar-refractivity contribution in [3.05, 3.63) is 41.2 Å².